The topological polar surface area (TPSA) is 12.0 Å². The van der Waals surface area contributed by atoms with Crippen molar-refractivity contribution in [3.63, 3.8) is 0 Å². The van der Waals surface area contributed by atoms with E-state index in [1.54, 1.807) is 0 Å². The summed E-state index contributed by atoms with van der Waals surface area (Å²) >= 11 is 0. The van der Waals surface area contributed by atoms with E-state index in [1.165, 1.54) is 36.8 Å². The van der Waals surface area contributed by atoms with E-state index in [-0.39, 0.29) is 0 Å². The molecule has 0 spiro atoms. The number of hydrogen-bond donors (Lipinski definition) is 1. The molecule has 0 aliphatic heterocycles. The molecule has 0 radical (unpaired) electrons. The van der Waals surface area contributed by atoms with Crippen molar-refractivity contribution in [1.82, 2.24) is 5.32 Å². The lowest BCUT2D eigenvalue weighted by Gasteiger charge is -2.22. The maximum absolute atomic E-state index is 3.69. The predicted molar refractivity (Wildman–Crippen MR) is 74.5 cm³/mol. The molecule has 1 aliphatic rings. The molecular formula is C16H25N. The van der Waals surface area contributed by atoms with Gasteiger partial charge in [0, 0.05) is 12.1 Å². The molecule has 1 heteroatoms. The van der Waals surface area contributed by atoms with Crippen LogP contribution in [0.2, 0.25) is 0 Å². The molecule has 17 heavy (non-hydrogen) atoms. The fraction of sp³-hybridized carbons (Fsp3) is 0.625. The van der Waals surface area contributed by atoms with Gasteiger partial charge in [-0.15, -0.1) is 0 Å². The summed E-state index contributed by atoms with van der Waals surface area (Å²) in [5.41, 5.74) is 2.93. The Bertz CT molecular complexity index is 337. The average molecular weight is 231 g/mol. The average Bonchev–Trinajstić information content (AvgIpc) is 3.13. The summed E-state index contributed by atoms with van der Waals surface area (Å²) in [6.07, 6.45) is 5.16. The molecule has 1 nitrogen and oxygen atoms in total. The van der Waals surface area contributed by atoms with Gasteiger partial charge < -0.3 is 5.32 Å². The predicted octanol–water partition coefficient (Wildman–Crippen LogP) is 3.88. The van der Waals surface area contributed by atoms with Crippen LogP contribution in [0.4, 0.5) is 0 Å². The molecule has 0 heterocycles. The van der Waals surface area contributed by atoms with E-state index in [1.807, 2.05) is 0 Å². The number of nitrogens with one attached hydrogen (secondary N) is 1. The smallest absolute Gasteiger partial charge is 0.0107 e. The van der Waals surface area contributed by atoms with Gasteiger partial charge in [0.25, 0.3) is 0 Å². The highest BCUT2D eigenvalue weighted by Gasteiger charge is 2.25. The molecule has 0 amide bonds. The minimum absolute atomic E-state index is 0.583. The lowest BCUT2D eigenvalue weighted by molar-refractivity contribution is 0.478. The number of benzene rings is 1. The summed E-state index contributed by atoms with van der Waals surface area (Å²) in [5, 5.41) is 3.69. The van der Waals surface area contributed by atoms with Gasteiger partial charge in [-0.25, -0.2) is 0 Å². The zero-order valence-corrected chi connectivity index (χ0v) is 11.4. The van der Waals surface area contributed by atoms with Gasteiger partial charge in [0.1, 0.15) is 0 Å². The van der Waals surface area contributed by atoms with Crippen LogP contribution in [0.5, 0.6) is 0 Å². The molecule has 1 aromatic carbocycles. The van der Waals surface area contributed by atoms with Crippen LogP contribution < -0.4 is 5.32 Å². The molecule has 94 valence electrons. The normalized spacial score (nSPS) is 19.0. The Morgan fingerprint density at radius 2 is 1.82 bits per heavy atom. The van der Waals surface area contributed by atoms with Crippen molar-refractivity contribution in [2.24, 2.45) is 0 Å². The molecule has 2 atom stereocenters. The van der Waals surface area contributed by atoms with Gasteiger partial charge in [-0.3, -0.25) is 0 Å². The Balaban J connectivity index is 1.94. The van der Waals surface area contributed by atoms with Crippen LogP contribution >= 0.6 is 0 Å². The maximum Gasteiger partial charge on any atom is 0.0107 e. The number of hydrogen-bond acceptors (Lipinski definition) is 1. The van der Waals surface area contributed by atoms with Crippen molar-refractivity contribution in [2.75, 3.05) is 0 Å². The number of rotatable bonds is 6. The standard InChI is InChI=1S/C16H25N/c1-4-5-14-6-8-15(9-7-14)12(2)13(3)17-16-10-11-16/h6-9,12-13,16-17H,4-5,10-11H2,1-3H3. The van der Waals surface area contributed by atoms with Crippen LogP contribution in [0.15, 0.2) is 24.3 Å². The third-order valence-corrected chi connectivity index (χ3v) is 3.87. The maximum atomic E-state index is 3.69. The van der Waals surface area contributed by atoms with Crippen LogP contribution in [-0.2, 0) is 6.42 Å². The molecule has 2 unspecified atom stereocenters. The first-order chi connectivity index (χ1) is 8.20. The second kappa shape index (κ2) is 5.68. The van der Waals surface area contributed by atoms with Gasteiger partial charge in [0.15, 0.2) is 0 Å². The zero-order chi connectivity index (χ0) is 12.3. The molecule has 1 aromatic rings. The first-order valence-electron chi connectivity index (χ1n) is 7.05. The molecule has 2 rings (SSSR count). The van der Waals surface area contributed by atoms with Crippen LogP contribution in [0.1, 0.15) is 57.1 Å². The van der Waals surface area contributed by atoms with Crippen molar-refractivity contribution >= 4 is 0 Å². The van der Waals surface area contributed by atoms with E-state index in [4.69, 9.17) is 0 Å². The molecular weight excluding hydrogens is 206 g/mol. The fourth-order valence-corrected chi connectivity index (χ4v) is 2.33. The summed E-state index contributed by atoms with van der Waals surface area (Å²) in [6.45, 7) is 6.87. The molecule has 1 N–H and O–H groups in total. The van der Waals surface area contributed by atoms with Gasteiger partial charge in [-0.1, -0.05) is 44.5 Å². The van der Waals surface area contributed by atoms with E-state index >= 15 is 0 Å². The van der Waals surface area contributed by atoms with E-state index in [2.05, 4.69) is 50.4 Å². The Morgan fingerprint density at radius 1 is 1.18 bits per heavy atom. The summed E-state index contributed by atoms with van der Waals surface area (Å²) in [4.78, 5) is 0. The Hall–Kier alpha value is -0.820. The third-order valence-electron chi connectivity index (χ3n) is 3.87. The molecule has 1 fully saturated rings. The van der Waals surface area contributed by atoms with E-state index in [9.17, 15) is 0 Å². The quantitative estimate of drug-likeness (QED) is 0.783. The van der Waals surface area contributed by atoms with E-state index in [0.717, 1.165) is 6.04 Å². The third kappa shape index (κ3) is 3.57. The van der Waals surface area contributed by atoms with Crippen LogP contribution in [-0.4, -0.2) is 12.1 Å². The molecule has 0 aromatic heterocycles. The highest BCUT2D eigenvalue weighted by Crippen LogP contribution is 2.25. The largest absolute Gasteiger partial charge is 0.311 e. The monoisotopic (exact) mass is 231 g/mol. The summed E-state index contributed by atoms with van der Waals surface area (Å²) in [6, 6.07) is 10.6. The van der Waals surface area contributed by atoms with Crippen molar-refractivity contribution in [2.45, 2.75) is 64.5 Å². The lowest BCUT2D eigenvalue weighted by atomic mass is 9.93. The minimum atomic E-state index is 0.583. The van der Waals surface area contributed by atoms with Crippen molar-refractivity contribution in [1.29, 1.82) is 0 Å². The van der Waals surface area contributed by atoms with Crippen molar-refractivity contribution in [3.8, 4) is 0 Å². The van der Waals surface area contributed by atoms with Gasteiger partial charge in [-0.2, -0.15) is 0 Å². The lowest BCUT2D eigenvalue weighted by Crippen LogP contribution is -2.32. The summed E-state index contributed by atoms with van der Waals surface area (Å²) < 4.78 is 0. The summed E-state index contributed by atoms with van der Waals surface area (Å²) in [5.74, 6) is 0.603. The number of aryl methyl sites for hydroxylation is 1. The highest BCUT2D eigenvalue weighted by molar-refractivity contribution is 5.26. The van der Waals surface area contributed by atoms with Gasteiger partial charge >= 0.3 is 0 Å². The Morgan fingerprint density at radius 3 is 2.35 bits per heavy atom. The van der Waals surface area contributed by atoms with Crippen LogP contribution in [0, 0.1) is 0 Å². The SMILES string of the molecule is CCCc1ccc(C(C)C(C)NC2CC2)cc1. The van der Waals surface area contributed by atoms with Crippen molar-refractivity contribution < 1.29 is 0 Å². The molecule has 1 saturated carbocycles. The second-order valence-corrected chi connectivity index (χ2v) is 5.51. The molecule has 1 aliphatic carbocycles. The van der Waals surface area contributed by atoms with Gasteiger partial charge in [0.2, 0.25) is 0 Å². The van der Waals surface area contributed by atoms with Crippen molar-refractivity contribution in [3.05, 3.63) is 35.4 Å². The fourth-order valence-electron chi connectivity index (χ4n) is 2.33. The van der Waals surface area contributed by atoms with Crippen LogP contribution in [0.3, 0.4) is 0 Å². The van der Waals surface area contributed by atoms with Gasteiger partial charge in [-0.05, 0) is 43.2 Å². The van der Waals surface area contributed by atoms with Gasteiger partial charge in [0.05, 0.1) is 0 Å². The summed E-state index contributed by atoms with van der Waals surface area (Å²) in [7, 11) is 0. The Labute approximate surface area is 106 Å². The molecule has 0 bridgehead atoms. The van der Waals surface area contributed by atoms with E-state index < -0.39 is 0 Å². The van der Waals surface area contributed by atoms with E-state index in [0.29, 0.717) is 12.0 Å². The zero-order valence-electron chi connectivity index (χ0n) is 11.4. The first-order valence-corrected chi connectivity index (χ1v) is 7.05. The second-order valence-electron chi connectivity index (χ2n) is 5.51. The molecule has 0 saturated heterocycles. The Kier molecular flexibility index (Phi) is 4.22. The first kappa shape index (κ1) is 12.6. The minimum Gasteiger partial charge on any atom is -0.311 e. The van der Waals surface area contributed by atoms with Crippen LogP contribution in [0.25, 0.3) is 0 Å². The highest BCUT2D eigenvalue weighted by atomic mass is 15.0.